The van der Waals surface area contributed by atoms with Gasteiger partial charge < -0.3 is 15.3 Å². The molecule has 1 aromatic carbocycles. The second-order valence-corrected chi connectivity index (χ2v) is 6.70. The Labute approximate surface area is 135 Å². The number of phenols is 3. The monoisotopic (exact) mass is 318 g/mol. The molecule has 0 atom stereocenters. The number of rotatable bonds is 4. The summed E-state index contributed by atoms with van der Waals surface area (Å²) in [6.07, 6.45) is 6.70. The van der Waals surface area contributed by atoms with Gasteiger partial charge in [-0.25, -0.2) is 0 Å². The highest BCUT2D eigenvalue weighted by Crippen LogP contribution is 2.43. The van der Waals surface area contributed by atoms with Gasteiger partial charge in [0.25, 0.3) is 0 Å². The van der Waals surface area contributed by atoms with Crippen LogP contribution in [-0.4, -0.2) is 26.9 Å². The predicted molar refractivity (Wildman–Crippen MR) is 84.0 cm³/mol. The highest BCUT2D eigenvalue weighted by atomic mass is 16.3. The van der Waals surface area contributed by atoms with Crippen molar-refractivity contribution in [1.82, 2.24) is 0 Å². The van der Waals surface area contributed by atoms with E-state index in [0.29, 0.717) is 0 Å². The highest BCUT2D eigenvalue weighted by molar-refractivity contribution is 6.10. The Morgan fingerprint density at radius 1 is 0.739 bits per heavy atom. The molecule has 0 saturated heterocycles. The van der Waals surface area contributed by atoms with E-state index in [1.807, 2.05) is 0 Å². The molecule has 3 rings (SSSR count). The van der Waals surface area contributed by atoms with Crippen LogP contribution in [0.15, 0.2) is 6.07 Å². The average Bonchev–Trinajstić information content (AvgIpc) is 3.20. The number of carbonyl (C=O) groups is 2. The van der Waals surface area contributed by atoms with E-state index in [4.69, 9.17) is 0 Å². The van der Waals surface area contributed by atoms with Crippen LogP contribution < -0.4 is 0 Å². The Hall–Kier alpha value is -2.04. The van der Waals surface area contributed by atoms with Gasteiger partial charge in [0, 0.05) is 17.9 Å². The summed E-state index contributed by atoms with van der Waals surface area (Å²) in [4.78, 5) is 25.2. The third-order valence-electron chi connectivity index (χ3n) is 5.20. The van der Waals surface area contributed by atoms with E-state index in [1.54, 1.807) is 0 Å². The minimum Gasteiger partial charge on any atom is -0.507 e. The Morgan fingerprint density at radius 2 is 1.09 bits per heavy atom. The van der Waals surface area contributed by atoms with Crippen molar-refractivity contribution < 1.29 is 24.9 Å². The van der Waals surface area contributed by atoms with Gasteiger partial charge >= 0.3 is 0 Å². The van der Waals surface area contributed by atoms with Gasteiger partial charge in [-0.2, -0.15) is 0 Å². The lowest BCUT2D eigenvalue weighted by atomic mass is 9.89. The summed E-state index contributed by atoms with van der Waals surface area (Å²) in [7, 11) is 0. The molecule has 2 fully saturated rings. The molecule has 23 heavy (non-hydrogen) atoms. The van der Waals surface area contributed by atoms with Crippen LogP contribution in [0.3, 0.4) is 0 Å². The summed E-state index contributed by atoms with van der Waals surface area (Å²) in [6.45, 7) is 0. The maximum Gasteiger partial charge on any atom is 0.173 e. The van der Waals surface area contributed by atoms with E-state index in [9.17, 15) is 24.9 Å². The van der Waals surface area contributed by atoms with Gasteiger partial charge in [0.2, 0.25) is 0 Å². The molecule has 0 amide bonds. The van der Waals surface area contributed by atoms with Crippen LogP contribution in [0.4, 0.5) is 0 Å². The van der Waals surface area contributed by atoms with Crippen molar-refractivity contribution in [3.63, 3.8) is 0 Å². The zero-order valence-corrected chi connectivity index (χ0v) is 13.0. The lowest BCUT2D eigenvalue weighted by molar-refractivity contribution is 0.0913. The summed E-state index contributed by atoms with van der Waals surface area (Å²) < 4.78 is 0. The van der Waals surface area contributed by atoms with Crippen molar-refractivity contribution >= 4 is 11.6 Å². The number of benzene rings is 1. The Morgan fingerprint density at radius 3 is 1.43 bits per heavy atom. The maximum atomic E-state index is 12.6. The van der Waals surface area contributed by atoms with Crippen molar-refractivity contribution in [3.8, 4) is 17.2 Å². The molecule has 0 aliphatic heterocycles. The second-order valence-electron chi connectivity index (χ2n) is 6.70. The standard InChI is InChI=1S/C18H22O5/c19-12-9-13(20)15(17(22)11-7-3-4-8-11)18(23)14(12)16(21)10-5-1-2-6-10/h9-11,19-20,23H,1-8H2. The first-order chi connectivity index (χ1) is 11.0. The number of Topliss-reactive ketones (excluding diaryl/α,β-unsaturated/α-hetero) is 2. The van der Waals surface area contributed by atoms with Crippen LogP contribution in [0, 0.1) is 11.8 Å². The number of phenolic OH excluding ortho intramolecular Hbond substituents is 3. The molecule has 0 unspecified atom stereocenters. The van der Waals surface area contributed by atoms with Crippen molar-refractivity contribution in [3.05, 3.63) is 17.2 Å². The van der Waals surface area contributed by atoms with Crippen LogP contribution in [0.5, 0.6) is 17.2 Å². The van der Waals surface area contributed by atoms with Crippen molar-refractivity contribution in [1.29, 1.82) is 0 Å². The van der Waals surface area contributed by atoms with E-state index >= 15 is 0 Å². The van der Waals surface area contributed by atoms with E-state index in [2.05, 4.69) is 0 Å². The fraction of sp³-hybridized carbons (Fsp3) is 0.556. The summed E-state index contributed by atoms with van der Waals surface area (Å²) in [5.41, 5.74) is -0.424. The molecule has 2 aliphatic carbocycles. The van der Waals surface area contributed by atoms with Crippen LogP contribution >= 0.6 is 0 Å². The Balaban J connectivity index is 2.01. The first-order valence-corrected chi connectivity index (χ1v) is 8.37. The van der Waals surface area contributed by atoms with Crippen molar-refractivity contribution in [2.45, 2.75) is 51.4 Å². The van der Waals surface area contributed by atoms with E-state index < -0.39 is 17.2 Å². The molecule has 2 aliphatic rings. The molecule has 0 bridgehead atoms. The third-order valence-corrected chi connectivity index (χ3v) is 5.20. The first-order valence-electron chi connectivity index (χ1n) is 8.37. The van der Waals surface area contributed by atoms with Gasteiger partial charge in [0.05, 0.1) is 0 Å². The van der Waals surface area contributed by atoms with Gasteiger partial charge in [-0.3, -0.25) is 9.59 Å². The normalized spacial score (nSPS) is 19.3. The van der Waals surface area contributed by atoms with Crippen molar-refractivity contribution in [2.24, 2.45) is 11.8 Å². The lowest BCUT2D eigenvalue weighted by Gasteiger charge is -2.16. The minimum atomic E-state index is -0.559. The quantitative estimate of drug-likeness (QED) is 0.738. The van der Waals surface area contributed by atoms with Gasteiger partial charge in [-0.1, -0.05) is 25.7 Å². The highest BCUT2D eigenvalue weighted by Gasteiger charge is 2.34. The summed E-state index contributed by atoms with van der Waals surface area (Å²) in [5.74, 6) is -2.61. The first kappa shape index (κ1) is 15.8. The molecule has 124 valence electrons. The molecule has 5 nitrogen and oxygen atoms in total. The zero-order chi connectivity index (χ0) is 16.6. The predicted octanol–water partition coefficient (Wildman–Crippen LogP) is 3.55. The zero-order valence-electron chi connectivity index (χ0n) is 13.0. The Bertz CT molecular complexity index is 585. The van der Waals surface area contributed by atoms with Gasteiger partial charge in [0.1, 0.15) is 28.4 Å². The molecule has 1 aromatic rings. The van der Waals surface area contributed by atoms with Gasteiger partial charge in [0.15, 0.2) is 11.6 Å². The number of hydrogen-bond acceptors (Lipinski definition) is 5. The van der Waals surface area contributed by atoms with Crippen LogP contribution in [-0.2, 0) is 0 Å². The second kappa shape index (κ2) is 6.22. The topological polar surface area (TPSA) is 94.8 Å². The third kappa shape index (κ3) is 2.80. The molecular weight excluding hydrogens is 296 g/mol. The minimum absolute atomic E-state index is 0.212. The molecule has 2 saturated carbocycles. The fourth-order valence-corrected chi connectivity index (χ4v) is 3.91. The molecule has 0 radical (unpaired) electrons. The van der Waals surface area contributed by atoms with E-state index in [0.717, 1.165) is 57.4 Å². The van der Waals surface area contributed by atoms with E-state index in [-0.39, 0.29) is 34.5 Å². The molecule has 0 spiro atoms. The van der Waals surface area contributed by atoms with Gasteiger partial charge in [-0.05, 0) is 25.7 Å². The molecule has 5 heteroatoms. The van der Waals surface area contributed by atoms with Crippen molar-refractivity contribution in [2.75, 3.05) is 0 Å². The lowest BCUT2D eigenvalue weighted by Crippen LogP contribution is -2.16. The number of ketones is 2. The summed E-state index contributed by atoms with van der Waals surface area (Å²) in [5, 5.41) is 30.5. The number of hydrogen-bond donors (Lipinski definition) is 3. The average molecular weight is 318 g/mol. The smallest absolute Gasteiger partial charge is 0.173 e. The molecule has 0 aromatic heterocycles. The van der Waals surface area contributed by atoms with Crippen LogP contribution in [0.25, 0.3) is 0 Å². The largest absolute Gasteiger partial charge is 0.507 e. The number of carbonyl (C=O) groups excluding carboxylic acids is 2. The SMILES string of the molecule is O=C(c1c(O)cc(O)c(C(=O)C2CCCC2)c1O)C1CCCC1. The molecule has 0 heterocycles. The summed E-state index contributed by atoms with van der Waals surface area (Å²) in [6, 6.07) is 1.00. The van der Waals surface area contributed by atoms with Crippen LogP contribution in [0.1, 0.15) is 72.1 Å². The molecular formula is C18H22O5. The van der Waals surface area contributed by atoms with E-state index in [1.165, 1.54) is 0 Å². The Kier molecular flexibility index (Phi) is 4.28. The number of aromatic hydroxyl groups is 3. The van der Waals surface area contributed by atoms with Crippen LogP contribution in [0.2, 0.25) is 0 Å². The van der Waals surface area contributed by atoms with Gasteiger partial charge in [-0.15, -0.1) is 0 Å². The summed E-state index contributed by atoms with van der Waals surface area (Å²) >= 11 is 0. The molecule has 3 N–H and O–H groups in total. The fourth-order valence-electron chi connectivity index (χ4n) is 3.91. The maximum absolute atomic E-state index is 12.6.